The van der Waals surface area contributed by atoms with Crippen LogP contribution in [0.25, 0.3) is 11.1 Å². The minimum atomic E-state index is -1.14. The lowest BCUT2D eigenvalue weighted by atomic mass is 9.90. The van der Waals surface area contributed by atoms with Gasteiger partial charge in [0, 0.05) is 63.5 Å². The molecular weight excluding hydrogens is 492 g/mol. The van der Waals surface area contributed by atoms with E-state index in [2.05, 4.69) is 5.32 Å². The standard InChI is InChI=1S/C31H36N4O4/c36-28(12-11-24-7-3-1-4-8-24)33-17-13-31(39,14-18-33)23-35-22-27(30(38)34-19-15-32-16-20-34)26(21-29(35)37)25-9-5-2-6-10-25/h1-10,21-22,32,39H,11-20,23H2. The minimum Gasteiger partial charge on any atom is -0.388 e. The molecular formula is C31H36N4O4. The van der Waals surface area contributed by atoms with Gasteiger partial charge in [-0.15, -0.1) is 0 Å². The Bertz CT molecular complexity index is 1340. The normalized spacial score (nSPS) is 17.2. The molecule has 2 saturated heterocycles. The van der Waals surface area contributed by atoms with Gasteiger partial charge in [0.2, 0.25) is 5.91 Å². The number of carbonyl (C=O) groups is 2. The van der Waals surface area contributed by atoms with Crippen molar-refractivity contribution in [3.8, 4) is 11.1 Å². The number of hydrogen-bond acceptors (Lipinski definition) is 5. The van der Waals surface area contributed by atoms with Gasteiger partial charge in [-0.05, 0) is 30.4 Å². The summed E-state index contributed by atoms with van der Waals surface area (Å²) in [6, 6.07) is 20.9. The molecule has 204 valence electrons. The predicted molar refractivity (Wildman–Crippen MR) is 150 cm³/mol. The van der Waals surface area contributed by atoms with E-state index in [9.17, 15) is 19.5 Å². The van der Waals surface area contributed by atoms with Crippen molar-refractivity contribution in [2.24, 2.45) is 0 Å². The van der Waals surface area contributed by atoms with E-state index in [0.29, 0.717) is 63.0 Å². The average Bonchev–Trinajstić information content (AvgIpc) is 2.98. The van der Waals surface area contributed by atoms with Gasteiger partial charge in [-0.2, -0.15) is 0 Å². The Morgan fingerprint density at radius 2 is 1.51 bits per heavy atom. The lowest BCUT2D eigenvalue weighted by molar-refractivity contribution is -0.135. The third kappa shape index (κ3) is 6.46. The van der Waals surface area contributed by atoms with E-state index in [0.717, 1.165) is 24.2 Å². The Kier molecular flexibility index (Phi) is 8.24. The molecule has 0 bridgehead atoms. The maximum Gasteiger partial charge on any atom is 0.256 e. The van der Waals surface area contributed by atoms with Crippen LogP contribution in [0.2, 0.25) is 0 Å². The molecule has 39 heavy (non-hydrogen) atoms. The van der Waals surface area contributed by atoms with Gasteiger partial charge < -0.3 is 24.8 Å². The van der Waals surface area contributed by atoms with Gasteiger partial charge in [0.15, 0.2) is 0 Å². The highest BCUT2D eigenvalue weighted by molar-refractivity contribution is 6.00. The van der Waals surface area contributed by atoms with Crippen molar-refractivity contribution in [2.75, 3.05) is 39.3 Å². The maximum absolute atomic E-state index is 13.6. The van der Waals surface area contributed by atoms with E-state index in [1.54, 1.807) is 16.0 Å². The summed E-state index contributed by atoms with van der Waals surface area (Å²) in [6.45, 7) is 3.61. The quantitative estimate of drug-likeness (QED) is 0.492. The second-order valence-corrected chi connectivity index (χ2v) is 10.6. The number of aliphatic hydroxyl groups is 1. The van der Waals surface area contributed by atoms with Crippen molar-refractivity contribution in [2.45, 2.75) is 37.8 Å². The zero-order valence-corrected chi connectivity index (χ0v) is 22.2. The van der Waals surface area contributed by atoms with E-state index < -0.39 is 5.60 Å². The predicted octanol–water partition coefficient (Wildman–Crippen LogP) is 2.55. The monoisotopic (exact) mass is 528 g/mol. The molecule has 8 nitrogen and oxygen atoms in total. The molecule has 2 N–H and O–H groups in total. The number of pyridine rings is 1. The first kappa shape index (κ1) is 26.8. The van der Waals surface area contributed by atoms with E-state index in [4.69, 9.17) is 0 Å². The Morgan fingerprint density at radius 1 is 0.872 bits per heavy atom. The Labute approximate surface area is 228 Å². The van der Waals surface area contributed by atoms with Gasteiger partial charge in [-0.3, -0.25) is 14.4 Å². The highest BCUT2D eigenvalue weighted by Crippen LogP contribution is 2.27. The summed E-state index contributed by atoms with van der Waals surface area (Å²) < 4.78 is 1.47. The number of hydrogen-bond donors (Lipinski definition) is 2. The molecule has 3 heterocycles. The molecule has 0 radical (unpaired) electrons. The summed E-state index contributed by atoms with van der Waals surface area (Å²) in [5.74, 6) is -0.0379. The number of carbonyl (C=O) groups excluding carboxylic acids is 2. The molecule has 0 atom stereocenters. The summed E-state index contributed by atoms with van der Waals surface area (Å²) in [6.07, 6.45) is 3.48. The fourth-order valence-electron chi connectivity index (χ4n) is 5.46. The van der Waals surface area contributed by atoms with Gasteiger partial charge >= 0.3 is 0 Å². The van der Waals surface area contributed by atoms with Crippen LogP contribution in [0.3, 0.4) is 0 Å². The molecule has 2 fully saturated rings. The molecule has 0 spiro atoms. The topological polar surface area (TPSA) is 94.9 Å². The summed E-state index contributed by atoms with van der Waals surface area (Å²) >= 11 is 0. The number of piperazine rings is 1. The molecule has 2 aliphatic rings. The van der Waals surface area contributed by atoms with Crippen LogP contribution >= 0.6 is 0 Å². The van der Waals surface area contributed by atoms with Crippen LogP contribution in [0.5, 0.6) is 0 Å². The number of rotatable bonds is 7. The van der Waals surface area contributed by atoms with Gasteiger partial charge in [-0.25, -0.2) is 0 Å². The molecule has 2 aromatic carbocycles. The van der Waals surface area contributed by atoms with Gasteiger partial charge in [0.1, 0.15) is 0 Å². The lowest BCUT2D eigenvalue weighted by Gasteiger charge is -2.38. The second kappa shape index (κ2) is 12.0. The number of piperidine rings is 1. The molecule has 0 saturated carbocycles. The van der Waals surface area contributed by atoms with Crippen LogP contribution in [0.1, 0.15) is 35.2 Å². The lowest BCUT2D eigenvalue weighted by Crippen LogP contribution is -2.50. The number of likely N-dealkylation sites (tertiary alicyclic amines) is 1. The number of aryl methyl sites for hydroxylation is 1. The average molecular weight is 529 g/mol. The van der Waals surface area contributed by atoms with Crippen LogP contribution in [-0.2, 0) is 17.8 Å². The van der Waals surface area contributed by atoms with Crippen LogP contribution in [0, 0.1) is 0 Å². The molecule has 8 heteroatoms. The number of aromatic nitrogens is 1. The van der Waals surface area contributed by atoms with Crippen molar-refractivity contribution in [3.63, 3.8) is 0 Å². The van der Waals surface area contributed by atoms with Crippen molar-refractivity contribution in [1.29, 1.82) is 0 Å². The van der Waals surface area contributed by atoms with E-state index in [-0.39, 0.29) is 23.9 Å². The number of nitrogens with zero attached hydrogens (tertiary/aromatic N) is 3. The first-order chi connectivity index (χ1) is 18.9. The Balaban J connectivity index is 1.31. The SMILES string of the molecule is O=C(CCc1ccccc1)N1CCC(O)(Cn2cc(C(=O)N3CCNCC3)c(-c3ccccc3)cc2=O)CC1. The highest BCUT2D eigenvalue weighted by atomic mass is 16.3. The largest absolute Gasteiger partial charge is 0.388 e. The van der Waals surface area contributed by atoms with Crippen molar-refractivity contribution >= 4 is 11.8 Å². The first-order valence-electron chi connectivity index (χ1n) is 13.8. The molecule has 1 aromatic heterocycles. The highest BCUT2D eigenvalue weighted by Gasteiger charge is 2.35. The fourth-order valence-corrected chi connectivity index (χ4v) is 5.46. The zero-order chi connectivity index (χ0) is 27.2. The van der Waals surface area contributed by atoms with E-state index in [1.807, 2.05) is 60.7 Å². The van der Waals surface area contributed by atoms with Crippen molar-refractivity contribution in [3.05, 3.63) is 94.4 Å². The molecule has 0 unspecified atom stereocenters. The third-order valence-corrected chi connectivity index (χ3v) is 7.83. The van der Waals surface area contributed by atoms with Crippen LogP contribution in [0.4, 0.5) is 0 Å². The van der Waals surface area contributed by atoms with E-state index in [1.165, 1.54) is 10.6 Å². The molecule has 2 amide bonds. The van der Waals surface area contributed by atoms with Gasteiger partial charge in [0.25, 0.3) is 11.5 Å². The Hall–Kier alpha value is -3.75. The number of nitrogens with one attached hydrogen (secondary N) is 1. The summed E-state index contributed by atoms with van der Waals surface area (Å²) in [7, 11) is 0. The van der Waals surface area contributed by atoms with Crippen molar-refractivity contribution in [1.82, 2.24) is 19.7 Å². The first-order valence-corrected chi connectivity index (χ1v) is 13.8. The second-order valence-electron chi connectivity index (χ2n) is 10.6. The molecule has 5 rings (SSSR count). The zero-order valence-electron chi connectivity index (χ0n) is 22.2. The summed E-state index contributed by atoms with van der Waals surface area (Å²) in [5.41, 5.74) is 1.60. The Morgan fingerprint density at radius 3 is 2.18 bits per heavy atom. The van der Waals surface area contributed by atoms with Crippen molar-refractivity contribution < 1.29 is 14.7 Å². The smallest absolute Gasteiger partial charge is 0.256 e. The number of amides is 2. The summed E-state index contributed by atoms with van der Waals surface area (Å²) in [5, 5.41) is 14.7. The van der Waals surface area contributed by atoms with Crippen LogP contribution in [0.15, 0.2) is 77.7 Å². The molecule has 2 aliphatic heterocycles. The molecule has 0 aliphatic carbocycles. The number of benzene rings is 2. The minimum absolute atomic E-state index is 0.0780. The maximum atomic E-state index is 13.6. The van der Waals surface area contributed by atoms with Gasteiger partial charge in [-0.1, -0.05) is 60.7 Å². The van der Waals surface area contributed by atoms with E-state index >= 15 is 0 Å². The fraction of sp³-hybridized carbons (Fsp3) is 0.387. The summed E-state index contributed by atoms with van der Waals surface area (Å²) in [4.78, 5) is 43.2. The third-order valence-electron chi connectivity index (χ3n) is 7.83. The molecule has 3 aromatic rings. The van der Waals surface area contributed by atoms with Crippen LogP contribution < -0.4 is 10.9 Å². The van der Waals surface area contributed by atoms with Gasteiger partial charge in [0.05, 0.1) is 17.7 Å². The van der Waals surface area contributed by atoms with Crippen LogP contribution in [-0.4, -0.2) is 76.2 Å².